The van der Waals surface area contributed by atoms with E-state index in [9.17, 15) is 4.79 Å². The number of hydrazone groups is 1. The first-order valence-corrected chi connectivity index (χ1v) is 10.2. The highest BCUT2D eigenvalue weighted by Crippen LogP contribution is 2.13. The van der Waals surface area contributed by atoms with Crippen molar-refractivity contribution < 1.29 is 4.79 Å². The molecule has 136 valence electrons. The second-order valence-corrected chi connectivity index (χ2v) is 7.44. The van der Waals surface area contributed by atoms with Crippen molar-refractivity contribution in [2.24, 2.45) is 5.10 Å². The van der Waals surface area contributed by atoms with Crippen LogP contribution in [-0.4, -0.2) is 35.4 Å². The molecule has 1 amide bonds. The van der Waals surface area contributed by atoms with Crippen LogP contribution in [0.15, 0.2) is 65.8 Å². The Labute approximate surface area is 159 Å². The number of rotatable bonds is 7. The molecule has 0 spiro atoms. The van der Waals surface area contributed by atoms with Gasteiger partial charge in [-0.15, -0.1) is 11.8 Å². The molecule has 2 aromatic carbocycles. The molecule has 2 aromatic rings. The molecule has 1 aliphatic rings. The molecule has 26 heavy (non-hydrogen) atoms. The van der Waals surface area contributed by atoms with Crippen molar-refractivity contribution >= 4 is 23.4 Å². The molecule has 0 bridgehead atoms. The monoisotopic (exact) mass is 367 g/mol. The van der Waals surface area contributed by atoms with Crippen LogP contribution < -0.4 is 5.43 Å². The summed E-state index contributed by atoms with van der Waals surface area (Å²) in [5.41, 5.74) is 6.39. The Hall–Kier alpha value is -2.11. The molecule has 1 saturated heterocycles. The average Bonchev–Trinajstić information content (AvgIpc) is 2.69. The van der Waals surface area contributed by atoms with E-state index in [1.807, 2.05) is 24.3 Å². The van der Waals surface area contributed by atoms with E-state index in [1.165, 1.54) is 11.1 Å². The quantitative estimate of drug-likeness (QED) is 0.759. The van der Waals surface area contributed by atoms with Gasteiger partial charge in [0.05, 0.1) is 5.75 Å². The number of nitrogens with zero attached hydrogens (tertiary/aromatic N) is 2. The summed E-state index contributed by atoms with van der Waals surface area (Å²) in [5, 5.41) is 4.33. The van der Waals surface area contributed by atoms with E-state index in [4.69, 9.17) is 0 Å². The lowest BCUT2D eigenvalue weighted by Gasteiger charge is -2.27. The first-order chi connectivity index (χ1) is 12.8. The summed E-state index contributed by atoms with van der Waals surface area (Å²) in [6.07, 6.45) is 1.84. The van der Waals surface area contributed by atoms with Crippen molar-refractivity contribution in [3.63, 3.8) is 0 Å². The minimum atomic E-state index is -0.0230. The van der Waals surface area contributed by atoms with Gasteiger partial charge in [-0.2, -0.15) is 5.10 Å². The second-order valence-electron chi connectivity index (χ2n) is 6.45. The third-order valence-corrected chi connectivity index (χ3v) is 5.37. The van der Waals surface area contributed by atoms with Crippen LogP contribution in [-0.2, 0) is 17.1 Å². The summed E-state index contributed by atoms with van der Waals surface area (Å²) < 4.78 is 0. The van der Waals surface area contributed by atoms with Crippen LogP contribution in [0.1, 0.15) is 24.0 Å². The summed E-state index contributed by atoms with van der Waals surface area (Å²) in [4.78, 5) is 14.4. The van der Waals surface area contributed by atoms with Crippen molar-refractivity contribution in [3.8, 4) is 0 Å². The van der Waals surface area contributed by atoms with Crippen molar-refractivity contribution in [1.82, 2.24) is 10.3 Å². The molecule has 5 heteroatoms. The lowest BCUT2D eigenvalue weighted by Crippen LogP contribution is -2.34. The molecule has 1 heterocycles. The molecular formula is C21H25N3OS. The minimum absolute atomic E-state index is 0.0230. The van der Waals surface area contributed by atoms with Crippen molar-refractivity contribution in [2.45, 2.75) is 25.1 Å². The minimum Gasteiger partial charge on any atom is -0.298 e. The molecule has 0 aromatic heterocycles. The first-order valence-electron chi connectivity index (χ1n) is 9.02. The zero-order chi connectivity index (χ0) is 18.0. The number of thioether (sulfide) groups is 1. The van der Waals surface area contributed by atoms with Crippen LogP contribution in [0.5, 0.6) is 0 Å². The van der Waals surface area contributed by atoms with Gasteiger partial charge in [-0.1, -0.05) is 60.7 Å². The van der Waals surface area contributed by atoms with Gasteiger partial charge in [-0.25, -0.2) is 5.43 Å². The third kappa shape index (κ3) is 6.32. The smallest absolute Gasteiger partial charge is 0.250 e. The number of hydrogen-bond donors (Lipinski definition) is 1. The van der Waals surface area contributed by atoms with Crippen LogP contribution in [0, 0.1) is 0 Å². The molecule has 1 N–H and O–H groups in total. The van der Waals surface area contributed by atoms with E-state index >= 15 is 0 Å². The van der Waals surface area contributed by atoms with Gasteiger partial charge in [0.1, 0.15) is 0 Å². The largest absolute Gasteiger partial charge is 0.298 e. The number of carbonyl (C=O) groups excluding carboxylic acids is 1. The number of likely N-dealkylation sites (tertiary alicyclic amines) is 1. The fraction of sp³-hybridized carbons (Fsp3) is 0.333. The van der Waals surface area contributed by atoms with Crippen molar-refractivity contribution in [3.05, 3.63) is 71.8 Å². The maximum absolute atomic E-state index is 11.9. The molecule has 0 aliphatic carbocycles. The van der Waals surface area contributed by atoms with Gasteiger partial charge in [-0.05, 0) is 11.1 Å². The molecular weight excluding hydrogens is 342 g/mol. The Kier molecular flexibility index (Phi) is 7.28. The number of nitrogens with one attached hydrogen (secondary N) is 1. The molecule has 0 unspecified atom stereocenters. The van der Waals surface area contributed by atoms with Crippen LogP contribution in [0.4, 0.5) is 0 Å². The van der Waals surface area contributed by atoms with Gasteiger partial charge in [0.25, 0.3) is 0 Å². The Bertz CT molecular complexity index is 709. The molecule has 1 fully saturated rings. The zero-order valence-electron chi connectivity index (χ0n) is 14.9. The van der Waals surface area contributed by atoms with Gasteiger partial charge < -0.3 is 0 Å². The van der Waals surface area contributed by atoms with E-state index in [0.29, 0.717) is 5.75 Å². The summed E-state index contributed by atoms with van der Waals surface area (Å²) in [6, 6.07) is 20.7. The van der Waals surface area contributed by atoms with Crippen molar-refractivity contribution in [2.75, 3.05) is 18.8 Å². The third-order valence-electron chi connectivity index (χ3n) is 4.37. The second kappa shape index (κ2) is 10.1. The molecule has 1 aliphatic heterocycles. The Balaban J connectivity index is 1.34. The highest BCUT2D eigenvalue weighted by atomic mass is 32.2. The fourth-order valence-electron chi connectivity index (χ4n) is 2.93. The Morgan fingerprint density at radius 2 is 1.58 bits per heavy atom. The lowest BCUT2D eigenvalue weighted by atomic mass is 10.1. The summed E-state index contributed by atoms with van der Waals surface area (Å²) in [5.74, 6) is 1.26. The Morgan fingerprint density at radius 1 is 0.962 bits per heavy atom. The van der Waals surface area contributed by atoms with E-state index in [-0.39, 0.29) is 5.91 Å². The predicted octanol–water partition coefficient (Wildman–Crippen LogP) is 3.69. The van der Waals surface area contributed by atoms with E-state index < -0.39 is 0 Å². The highest BCUT2D eigenvalue weighted by molar-refractivity contribution is 7.99. The maximum Gasteiger partial charge on any atom is 0.250 e. The first kappa shape index (κ1) is 18.7. The van der Waals surface area contributed by atoms with Gasteiger partial charge in [0.2, 0.25) is 5.91 Å². The van der Waals surface area contributed by atoms with E-state index in [2.05, 4.69) is 51.8 Å². The number of benzene rings is 2. The van der Waals surface area contributed by atoms with E-state index in [1.54, 1.807) is 11.8 Å². The van der Waals surface area contributed by atoms with Gasteiger partial charge in [0, 0.05) is 43.9 Å². The maximum atomic E-state index is 11.9. The van der Waals surface area contributed by atoms with Gasteiger partial charge in [0.15, 0.2) is 0 Å². The van der Waals surface area contributed by atoms with Gasteiger partial charge >= 0.3 is 0 Å². The normalized spacial score (nSPS) is 14.8. The summed E-state index contributed by atoms with van der Waals surface area (Å²) in [7, 11) is 0. The standard InChI is InChI=1S/C21H25N3OS/c25-21(17-26-16-19-9-5-2-6-10-19)23-22-20-11-13-24(14-12-20)15-18-7-3-1-4-8-18/h1-10H,11-17H2,(H,23,25). The van der Waals surface area contributed by atoms with Crippen LogP contribution in [0.2, 0.25) is 0 Å². The fourth-order valence-corrected chi connectivity index (χ4v) is 3.71. The molecule has 3 rings (SSSR count). The molecule has 0 atom stereocenters. The van der Waals surface area contributed by atoms with E-state index in [0.717, 1.165) is 43.9 Å². The number of carbonyl (C=O) groups is 1. The predicted molar refractivity (Wildman–Crippen MR) is 109 cm³/mol. The molecule has 0 saturated carbocycles. The number of amides is 1. The average molecular weight is 368 g/mol. The summed E-state index contributed by atoms with van der Waals surface area (Å²) >= 11 is 1.61. The number of hydrogen-bond acceptors (Lipinski definition) is 4. The van der Waals surface area contributed by atoms with Crippen LogP contribution in [0.3, 0.4) is 0 Å². The zero-order valence-corrected chi connectivity index (χ0v) is 15.8. The molecule has 4 nitrogen and oxygen atoms in total. The topological polar surface area (TPSA) is 44.7 Å². The molecule has 0 radical (unpaired) electrons. The lowest BCUT2D eigenvalue weighted by molar-refractivity contribution is -0.118. The highest BCUT2D eigenvalue weighted by Gasteiger charge is 2.15. The van der Waals surface area contributed by atoms with Gasteiger partial charge in [-0.3, -0.25) is 9.69 Å². The Morgan fingerprint density at radius 3 is 2.23 bits per heavy atom. The van der Waals surface area contributed by atoms with Crippen molar-refractivity contribution in [1.29, 1.82) is 0 Å². The SMILES string of the molecule is O=C(CSCc1ccccc1)NN=C1CCN(Cc2ccccc2)CC1. The van der Waals surface area contributed by atoms with Crippen LogP contribution >= 0.6 is 11.8 Å². The van der Waals surface area contributed by atoms with Crippen LogP contribution in [0.25, 0.3) is 0 Å². The summed E-state index contributed by atoms with van der Waals surface area (Å²) in [6.45, 7) is 2.97. The number of piperidine rings is 1.